The number of nitriles is 1. The number of esters is 1. The lowest BCUT2D eigenvalue weighted by Crippen LogP contribution is -2.23. The molecule has 1 aliphatic heterocycles. The Labute approximate surface area is 166 Å². The molecule has 9 heteroatoms. The lowest BCUT2D eigenvalue weighted by molar-refractivity contribution is -0.151. The van der Waals surface area contributed by atoms with Crippen LogP contribution in [0.5, 0.6) is 11.5 Å². The maximum atomic E-state index is 11.9. The molecule has 0 radical (unpaired) electrons. The van der Waals surface area contributed by atoms with E-state index in [1.54, 1.807) is 49.4 Å². The molecule has 0 saturated carbocycles. The van der Waals surface area contributed by atoms with Crippen molar-refractivity contribution in [1.29, 1.82) is 5.26 Å². The molecule has 0 unspecified atom stereocenters. The minimum Gasteiger partial charge on any atom is -0.454 e. The van der Waals surface area contributed by atoms with Gasteiger partial charge in [-0.1, -0.05) is 17.3 Å². The van der Waals surface area contributed by atoms with Gasteiger partial charge in [0.15, 0.2) is 18.1 Å². The third-order valence-corrected chi connectivity index (χ3v) is 3.86. The molecule has 1 amide bonds. The first kappa shape index (κ1) is 19.7. The van der Waals surface area contributed by atoms with Gasteiger partial charge in [-0.15, -0.1) is 0 Å². The molecule has 0 spiro atoms. The van der Waals surface area contributed by atoms with E-state index in [0.717, 1.165) is 5.56 Å². The zero-order chi connectivity index (χ0) is 20.6. The van der Waals surface area contributed by atoms with E-state index < -0.39 is 25.1 Å². The van der Waals surface area contributed by atoms with Gasteiger partial charge in [-0.05, 0) is 37.3 Å². The maximum absolute atomic E-state index is 11.9. The highest BCUT2D eigenvalue weighted by Crippen LogP contribution is 2.32. The lowest BCUT2D eigenvalue weighted by atomic mass is 10.1. The van der Waals surface area contributed by atoms with E-state index in [2.05, 4.69) is 10.5 Å². The summed E-state index contributed by atoms with van der Waals surface area (Å²) in [7, 11) is 0. The second-order valence-electron chi connectivity index (χ2n) is 5.88. The molecule has 1 aliphatic rings. The minimum absolute atomic E-state index is 0.174. The predicted molar refractivity (Wildman–Crippen MR) is 101 cm³/mol. The first-order chi connectivity index (χ1) is 14.1. The fourth-order valence-corrected chi connectivity index (χ4v) is 2.42. The van der Waals surface area contributed by atoms with Crippen LogP contribution in [0.1, 0.15) is 18.1 Å². The molecule has 0 fully saturated rings. The summed E-state index contributed by atoms with van der Waals surface area (Å²) in [6.45, 7) is 0.923. The number of hydrogen-bond acceptors (Lipinski definition) is 8. The molecule has 0 atom stereocenters. The van der Waals surface area contributed by atoms with E-state index in [1.807, 2.05) is 6.07 Å². The van der Waals surface area contributed by atoms with Gasteiger partial charge in [-0.2, -0.15) is 5.26 Å². The number of para-hydroxylation sites is 1. The predicted octanol–water partition coefficient (Wildman–Crippen LogP) is 2.21. The average molecular weight is 395 g/mol. The number of oxime groups is 1. The Morgan fingerprint density at radius 2 is 1.97 bits per heavy atom. The summed E-state index contributed by atoms with van der Waals surface area (Å²) in [6, 6.07) is 13.8. The molecule has 2 aromatic rings. The van der Waals surface area contributed by atoms with Crippen LogP contribution >= 0.6 is 0 Å². The van der Waals surface area contributed by atoms with E-state index in [0.29, 0.717) is 28.5 Å². The molecule has 1 N–H and O–H groups in total. The first-order valence-electron chi connectivity index (χ1n) is 8.58. The molecule has 2 aromatic carbocycles. The molecular formula is C20H17N3O6. The smallest absolute Gasteiger partial charge is 0.347 e. The van der Waals surface area contributed by atoms with Gasteiger partial charge in [0.2, 0.25) is 13.4 Å². The van der Waals surface area contributed by atoms with E-state index in [4.69, 9.17) is 24.3 Å². The number of rotatable bonds is 7. The van der Waals surface area contributed by atoms with Gasteiger partial charge in [0, 0.05) is 5.56 Å². The average Bonchev–Trinajstić information content (AvgIpc) is 3.20. The van der Waals surface area contributed by atoms with Gasteiger partial charge in [0.05, 0.1) is 17.0 Å². The number of nitrogens with zero attached hydrogens (tertiary/aromatic N) is 2. The number of amides is 1. The zero-order valence-electron chi connectivity index (χ0n) is 15.5. The fourth-order valence-electron chi connectivity index (χ4n) is 2.42. The van der Waals surface area contributed by atoms with Gasteiger partial charge >= 0.3 is 5.97 Å². The van der Waals surface area contributed by atoms with Gasteiger partial charge in [-0.25, -0.2) is 4.79 Å². The topological polar surface area (TPSA) is 119 Å². The van der Waals surface area contributed by atoms with Crippen molar-refractivity contribution in [2.75, 3.05) is 25.3 Å². The third kappa shape index (κ3) is 5.23. The standard InChI is InChI=1S/C20H17N3O6/c1-13(14-6-7-17-18(8-14)28-12-27-17)23-29-11-20(25)26-10-19(24)22-16-5-3-2-4-15(16)9-21/h2-8H,10-12H2,1H3,(H,22,24)/b23-13-. The lowest BCUT2D eigenvalue weighted by Gasteiger charge is -2.07. The number of nitrogens with one attached hydrogen (secondary N) is 1. The quantitative estimate of drug-likeness (QED) is 0.434. The largest absolute Gasteiger partial charge is 0.454 e. The molecule has 148 valence electrons. The Balaban J connectivity index is 1.43. The summed E-state index contributed by atoms with van der Waals surface area (Å²) >= 11 is 0. The fraction of sp³-hybridized carbons (Fsp3) is 0.200. The van der Waals surface area contributed by atoms with Crippen molar-refractivity contribution in [3.63, 3.8) is 0 Å². The highest BCUT2D eigenvalue weighted by Gasteiger charge is 2.14. The summed E-state index contributed by atoms with van der Waals surface area (Å²) < 4.78 is 15.4. The van der Waals surface area contributed by atoms with E-state index in [-0.39, 0.29) is 6.79 Å². The van der Waals surface area contributed by atoms with Gasteiger partial charge in [0.25, 0.3) is 5.91 Å². The highest BCUT2D eigenvalue weighted by molar-refractivity contribution is 5.99. The molecular weight excluding hydrogens is 378 g/mol. The van der Waals surface area contributed by atoms with Crippen LogP contribution in [-0.2, 0) is 19.2 Å². The Morgan fingerprint density at radius 3 is 2.79 bits per heavy atom. The summed E-state index contributed by atoms with van der Waals surface area (Å²) in [6.07, 6.45) is 0. The number of carbonyl (C=O) groups excluding carboxylic acids is 2. The van der Waals surface area contributed by atoms with Gasteiger partial charge in [0.1, 0.15) is 6.07 Å². The van der Waals surface area contributed by atoms with Crippen LogP contribution in [0.3, 0.4) is 0 Å². The molecule has 0 aromatic heterocycles. The van der Waals surface area contributed by atoms with Crippen molar-refractivity contribution >= 4 is 23.3 Å². The van der Waals surface area contributed by atoms with E-state index >= 15 is 0 Å². The van der Waals surface area contributed by atoms with Gasteiger partial charge in [-0.3, -0.25) is 4.79 Å². The second-order valence-corrected chi connectivity index (χ2v) is 5.88. The zero-order valence-corrected chi connectivity index (χ0v) is 15.5. The number of fused-ring (bicyclic) bond motifs is 1. The van der Waals surface area contributed by atoms with Crippen molar-refractivity contribution in [3.05, 3.63) is 53.6 Å². The van der Waals surface area contributed by atoms with Crippen molar-refractivity contribution in [2.24, 2.45) is 5.16 Å². The Hall–Kier alpha value is -4.06. The summed E-state index contributed by atoms with van der Waals surface area (Å²) in [5, 5.41) is 15.4. The molecule has 29 heavy (non-hydrogen) atoms. The summed E-state index contributed by atoms with van der Waals surface area (Å²) in [4.78, 5) is 28.6. The van der Waals surface area contributed by atoms with Crippen molar-refractivity contribution in [1.82, 2.24) is 0 Å². The molecule has 0 saturated heterocycles. The van der Waals surface area contributed by atoms with E-state index in [9.17, 15) is 9.59 Å². The monoisotopic (exact) mass is 395 g/mol. The van der Waals surface area contributed by atoms with Crippen LogP contribution in [0.4, 0.5) is 5.69 Å². The van der Waals surface area contributed by atoms with Gasteiger partial charge < -0.3 is 24.4 Å². The minimum atomic E-state index is -0.754. The van der Waals surface area contributed by atoms with Crippen LogP contribution < -0.4 is 14.8 Å². The summed E-state index contributed by atoms with van der Waals surface area (Å²) in [5.74, 6) is -0.0563. The van der Waals surface area contributed by atoms with Crippen molar-refractivity contribution < 1.29 is 28.6 Å². The van der Waals surface area contributed by atoms with Crippen molar-refractivity contribution in [3.8, 4) is 17.6 Å². The van der Waals surface area contributed by atoms with Crippen LogP contribution in [0.15, 0.2) is 47.6 Å². The Bertz CT molecular complexity index is 996. The molecule has 9 nitrogen and oxygen atoms in total. The number of ether oxygens (including phenoxy) is 3. The third-order valence-electron chi connectivity index (χ3n) is 3.86. The van der Waals surface area contributed by atoms with E-state index in [1.165, 1.54) is 0 Å². The number of carbonyl (C=O) groups is 2. The molecule has 3 rings (SSSR count). The first-order valence-corrected chi connectivity index (χ1v) is 8.58. The number of hydrogen-bond donors (Lipinski definition) is 1. The SMILES string of the molecule is C/C(=N/OCC(=O)OCC(=O)Nc1ccccc1C#N)c1ccc2c(c1)OCO2. The number of anilines is 1. The highest BCUT2D eigenvalue weighted by atomic mass is 16.7. The molecule has 0 bridgehead atoms. The summed E-state index contributed by atoms with van der Waals surface area (Å²) in [5.41, 5.74) is 1.93. The normalized spacial score (nSPS) is 12.1. The molecule has 1 heterocycles. The molecule has 0 aliphatic carbocycles. The van der Waals surface area contributed by atoms with Crippen LogP contribution in [0.2, 0.25) is 0 Å². The second kappa shape index (κ2) is 9.23. The Kier molecular flexibility index (Phi) is 6.27. The van der Waals surface area contributed by atoms with Crippen LogP contribution in [0.25, 0.3) is 0 Å². The Morgan fingerprint density at radius 1 is 1.17 bits per heavy atom. The number of benzene rings is 2. The maximum Gasteiger partial charge on any atom is 0.347 e. The van der Waals surface area contributed by atoms with Crippen molar-refractivity contribution in [2.45, 2.75) is 6.92 Å². The van der Waals surface area contributed by atoms with Crippen LogP contribution in [0, 0.1) is 11.3 Å². The van der Waals surface area contributed by atoms with Crippen LogP contribution in [-0.4, -0.2) is 37.6 Å².